The number of benzene rings is 2. The topological polar surface area (TPSA) is 59.5 Å². The van der Waals surface area contributed by atoms with Gasteiger partial charge in [0.05, 0.1) is 12.1 Å². The van der Waals surface area contributed by atoms with Crippen molar-refractivity contribution in [2.75, 3.05) is 18.1 Å². The van der Waals surface area contributed by atoms with E-state index in [4.69, 9.17) is 16.3 Å². The van der Waals surface area contributed by atoms with Crippen molar-refractivity contribution in [2.24, 2.45) is 0 Å². The van der Waals surface area contributed by atoms with Crippen LogP contribution in [0.5, 0.6) is 0 Å². The molecule has 150 valence electrons. The molecule has 2 aromatic carbocycles. The van der Waals surface area contributed by atoms with E-state index in [1.165, 1.54) is 40.5 Å². The molecule has 8 heteroatoms. The van der Waals surface area contributed by atoms with Crippen LogP contribution in [0.3, 0.4) is 0 Å². The van der Waals surface area contributed by atoms with E-state index in [1.807, 2.05) is 12.1 Å². The average Bonchev–Trinajstić information content (AvgIpc) is 3.17. The van der Waals surface area contributed by atoms with Gasteiger partial charge < -0.3 is 9.64 Å². The van der Waals surface area contributed by atoms with E-state index in [0.29, 0.717) is 22.9 Å². The third-order valence-corrected chi connectivity index (χ3v) is 5.24. The third-order valence-electron chi connectivity index (χ3n) is 4.06. The standard InChI is InChI=1S/C21H18ClFN2O3S/c1-2-25(18-8-6-16(23)7-9-18)19(26)12-28-20(27)11-17-13-29-21(24-17)14-4-3-5-15(22)10-14/h3-10,13H,2,11-12H2,1H3. The number of aromatic nitrogens is 1. The first-order chi connectivity index (χ1) is 14.0. The van der Waals surface area contributed by atoms with Crippen molar-refractivity contribution in [3.05, 3.63) is 70.4 Å². The number of hydrogen-bond acceptors (Lipinski definition) is 5. The molecular formula is C21H18ClFN2O3S. The summed E-state index contributed by atoms with van der Waals surface area (Å²) >= 11 is 7.40. The van der Waals surface area contributed by atoms with Crippen molar-refractivity contribution in [2.45, 2.75) is 13.3 Å². The Labute approximate surface area is 176 Å². The van der Waals surface area contributed by atoms with Gasteiger partial charge >= 0.3 is 5.97 Å². The fourth-order valence-corrected chi connectivity index (χ4v) is 3.69. The van der Waals surface area contributed by atoms with Crippen molar-refractivity contribution >= 4 is 40.5 Å². The van der Waals surface area contributed by atoms with Crippen LogP contribution in [0, 0.1) is 5.82 Å². The predicted octanol–water partition coefficient (Wildman–Crippen LogP) is 4.74. The van der Waals surface area contributed by atoms with E-state index in [0.717, 1.165) is 10.6 Å². The number of esters is 1. The first-order valence-electron chi connectivity index (χ1n) is 8.88. The van der Waals surface area contributed by atoms with E-state index in [1.54, 1.807) is 24.4 Å². The highest BCUT2D eigenvalue weighted by Crippen LogP contribution is 2.26. The van der Waals surface area contributed by atoms with Crippen molar-refractivity contribution < 1.29 is 18.7 Å². The third kappa shape index (κ3) is 5.62. The lowest BCUT2D eigenvalue weighted by atomic mass is 10.2. The Hall–Kier alpha value is -2.77. The number of hydrogen-bond donors (Lipinski definition) is 0. The van der Waals surface area contributed by atoms with Crippen molar-refractivity contribution in [1.29, 1.82) is 0 Å². The second-order valence-corrected chi connectivity index (χ2v) is 7.40. The van der Waals surface area contributed by atoms with E-state index >= 15 is 0 Å². The molecule has 0 bridgehead atoms. The van der Waals surface area contributed by atoms with Gasteiger partial charge in [-0.1, -0.05) is 23.7 Å². The highest BCUT2D eigenvalue weighted by atomic mass is 35.5. The number of halogens is 2. The van der Waals surface area contributed by atoms with Gasteiger partial charge in [0, 0.05) is 28.2 Å². The summed E-state index contributed by atoms with van der Waals surface area (Å²) in [6, 6.07) is 12.9. The normalized spacial score (nSPS) is 10.6. The van der Waals surface area contributed by atoms with Gasteiger partial charge in [-0.25, -0.2) is 9.37 Å². The molecule has 0 spiro atoms. The van der Waals surface area contributed by atoms with E-state index in [-0.39, 0.29) is 18.1 Å². The molecule has 1 aromatic heterocycles. The second-order valence-electron chi connectivity index (χ2n) is 6.11. The molecule has 3 aromatic rings. The minimum absolute atomic E-state index is 0.0347. The lowest BCUT2D eigenvalue weighted by Crippen LogP contribution is -2.34. The van der Waals surface area contributed by atoms with Gasteiger partial charge in [0.25, 0.3) is 5.91 Å². The molecule has 0 unspecified atom stereocenters. The molecular weight excluding hydrogens is 415 g/mol. The van der Waals surface area contributed by atoms with E-state index in [2.05, 4.69) is 4.98 Å². The maximum absolute atomic E-state index is 13.1. The van der Waals surface area contributed by atoms with Gasteiger partial charge in [0.1, 0.15) is 10.8 Å². The summed E-state index contributed by atoms with van der Waals surface area (Å²) < 4.78 is 18.2. The molecule has 1 heterocycles. The van der Waals surface area contributed by atoms with Crippen LogP contribution >= 0.6 is 22.9 Å². The number of thiazole rings is 1. The average molecular weight is 433 g/mol. The van der Waals surface area contributed by atoms with Crippen LogP contribution in [0.2, 0.25) is 5.02 Å². The monoisotopic (exact) mass is 432 g/mol. The van der Waals surface area contributed by atoms with Crippen molar-refractivity contribution in [3.8, 4) is 10.6 Å². The number of likely N-dealkylation sites (N-methyl/N-ethyl adjacent to an activating group) is 1. The van der Waals surface area contributed by atoms with Gasteiger partial charge in [0.2, 0.25) is 0 Å². The number of anilines is 1. The van der Waals surface area contributed by atoms with Crippen LogP contribution in [-0.4, -0.2) is 30.0 Å². The molecule has 0 radical (unpaired) electrons. The summed E-state index contributed by atoms with van der Waals surface area (Å²) in [4.78, 5) is 30.3. The zero-order chi connectivity index (χ0) is 20.8. The molecule has 0 fully saturated rings. The first kappa shape index (κ1) is 21.0. The summed E-state index contributed by atoms with van der Waals surface area (Å²) in [5, 5.41) is 3.13. The Morgan fingerprint density at radius 1 is 1.21 bits per heavy atom. The molecule has 0 aliphatic heterocycles. The van der Waals surface area contributed by atoms with Crippen LogP contribution in [0.4, 0.5) is 10.1 Å². The molecule has 3 rings (SSSR count). The summed E-state index contributed by atoms with van der Waals surface area (Å²) in [6.07, 6.45) is -0.0347. The number of ether oxygens (including phenoxy) is 1. The smallest absolute Gasteiger partial charge is 0.312 e. The van der Waals surface area contributed by atoms with Crippen LogP contribution in [-0.2, 0) is 20.7 Å². The number of amides is 1. The summed E-state index contributed by atoms with van der Waals surface area (Å²) in [5.74, 6) is -1.31. The number of rotatable bonds is 7. The Balaban J connectivity index is 1.55. The zero-order valence-corrected chi connectivity index (χ0v) is 17.2. The van der Waals surface area contributed by atoms with Crippen LogP contribution < -0.4 is 4.90 Å². The maximum Gasteiger partial charge on any atom is 0.312 e. The fourth-order valence-electron chi connectivity index (χ4n) is 2.69. The van der Waals surface area contributed by atoms with Gasteiger partial charge in [-0.3, -0.25) is 9.59 Å². The molecule has 0 saturated heterocycles. The number of nitrogens with zero attached hydrogens (tertiary/aromatic N) is 2. The second kappa shape index (κ2) is 9.62. The molecule has 0 atom stereocenters. The van der Waals surface area contributed by atoms with Crippen LogP contribution in [0.1, 0.15) is 12.6 Å². The maximum atomic E-state index is 13.1. The molecule has 5 nitrogen and oxygen atoms in total. The summed E-state index contributed by atoms with van der Waals surface area (Å²) in [5.41, 5.74) is 1.98. The lowest BCUT2D eigenvalue weighted by Gasteiger charge is -2.20. The molecule has 0 N–H and O–H groups in total. The zero-order valence-electron chi connectivity index (χ0n) is 15.6. The van der Waals surface area contributed by atoms with Gasteiger partial charge in [-0.05, 0) is 43.3 Å². The Bertz CT molecular complexity index is 1010. The van der Waals surface area contributed by atoms with Gasteiger partial charge in [0.15, 0.2) is 6.61 Å². The highest BCUT2D eigenvalue weighted by Gasteiger charge is 2.17. The Morgan fingerprint density at radius 2 is 1.97 bits per heavy atom. The number of carbonyl (C=O) groups is 2. The predicted molar refractivity (Wildman–Crippen MR) is 112 cm³/mol. The minimum Gasteiger partial charge on any atom is -0.455 e. The quantitative estimate of drug-likeness (QED) is 0.506. The molecule has 0 aliphatic rings. The van der Waals surface area contributed by atoms with E-state index in [9.17, 15) is 14.0 Å². The first-order valence-corrected chi connectivity index (χ1v) is 10.1. The molecule has 0 saturated carbocycles. The Morgan fingerprint density at radius 3 is 2.66 bits per heavy atom. The van der Waals surface area contributed by atoms with Crippen molar-refractivity contribution in [1.82, 2.24) is 4.98 Å². The minimum atomic E-state index is -0.545. The fraction of sp³-hybridized carbons (Fsp3) is 0.190. The van der Waals surface area contributed by atoms with Crippen molar-refractivity contribution in [3.63, 3.8) is 0 Å². The summed E-state index contributed by atoms with van der Waals surface area (Å²) in [6.45, 7) is 1.77. The Kier molecular flexibility index (Phi) is 6.95. The van der Waals surface area contributed by atoms with Gasteiger partial charge in [-0.2, -0.15) is 0 Å². The highest BCUT2D eigenvalue weighted by molar-refractivity contribution is 7.13. The number of carbonyl (C=O) groups excluding carboxylic acids is 2. The molecule has 0 aliphatic carbocycles. The largest absolute Gasteiger partial charge is 0.455 e. The van der Waals surface area contributed by atoms with E-state index < -0.39 is 12.6 Å². The lowest BCUT2D eigenvalue weighted by molar-refractivity contribution is -0.147. The van der Waals surface area contributed by atoms with Gasteiger partial charge in [-0.15, -0.1) is 11.3 Å². The molecule has 29 heavy (non-hydrogen) atoms. The molecule has 1 amide bonds. The van der Waals surface area contributed by atoms with Crippen LogP contribution in [0.25, 0.3) is 10.6 Å². The van der Waals surface area contributed by atoms with Crippen LogP contribution in [0.15, 0.2) is 53.9 Å². The summed E-state index contributed by atoms with van der Waals surface area (Å²) in [7, 11) is 0. The SMILES string of the molecule is CCN(C(=O)COC(=O)Cc1csc(-c2cccc(Cl)c2)n1)c1ccc(F)cc1.